The first-order chi connectivity index (χ1) is 11.1. The first-order valence-corrected chi connectivity index (χ1v) is 7.77. The molecule has 5 nitrogen and oxygen atoms in total. The molecule has 2 heterocycles. The fraction of sp³-hybridized carbons (Fsp3) is 0.412. The van der Waals surface area contributed by atoms with Gasteiger partial charge in [-0.05, 0) is 43.0 Å². The summed E-state index contributed by atoms with van der Waals surface area (Å²) in [6, 6.07) is 5.92. The Kier molecular flexibility index (Phi) is 4.71. The molecule has 1 saturated heterocycles. The van der Waals surface area contributed by atoms with E-state index >= 15 is 0 Å². The minimum atomic E-state index is -0.293. The Bertz CT molecular complexity index is 663. The van der Waals surface area contributed by atoms with E-state index in [0.29, 0.717) is 6.61 Å². The highest BCUT2D eigenvalue weighted by Gasteiger charge is 2.28. The van der Waals surface area contributed by atoms with E-state index < -0.39 is 0 Å². The number of rotatable bonds is 5. The van der Waals surface area contributed by atoms with Gasteiger partial charge in [0.2, 0.25) is 5.91 Å². The van der Waals surface area contributed by atoms with Crippen molar-refractivity contribution >= 4 is 5.91 Å². The van der Waals surface area contributed by atoms with Gasteiger partial charge in [0.1, 0.15) is 12.4 Å². The molecule has 1 amide bonds. The van der Waals surface area contributed by atoms with Crippen molar-refractivity contribution in [1.82, 2.24) is 15.1 Å². The number of benzene rings is 1. The number of nitrogens with one attached hydrogen (secondary N) is 1. The molecule has 2 aromatic rings. The van der Waals surface area contributed by atoms with Crippen molar-refractivity contribution in [3.8, 4) is 0 Å². The molecule has 1 aliphatic heterocycles. The molecule has 1 aliphatic rings. The van der Waals surface area contributed by atoms with Crippen LogP contribution in [0, 0.1) is 12.7 Å². The van der Waals surface area contributed by atoms with Gasteiger partial charge in [0, 0.05) is 12.8 Å². The van der Waals surface area contributed by atoms with Gasteiger partial charge in [-0.1, -0.05) is 12.1 Å². The van der Waals surface area contributed by atoms with Gasteiger partial charge in [-0.25, -0.2) is 4.39 Å². The van der Waals surface area contributed by atoms with Gasteiger partial charge in [0.25, 0.3) is 0 Å². The molecule has 23 heavy (non-hydrogen) atoms. The number of hydrogen-bond acceptors (Lipinski definition) is 3. The molecule has 1 fully saturated rings. The second-order valence-electron chi connectivity index (χ2n) is 5.86. The van der Waals surface area contributed by atoms with Crippen molar-refractivity contribution in [1.29, 1.82) is 0 Å². The lowest BCUT2D eigenvalue weighted by Crippen LogP contribution is -2.38. The van der Waals surface area contributed by atoms with Gasteiger partial charge in [0.15, 0.2) is 0 Å². The van der Waals surface area contributed by atoms with E-state index in [-0.39, 0.29) is 30.4 Å². The van der Waals surface area contributed by atoms with E-state index in [1.807, 2.05) is 13.1 Å². The Morgan fingerprint density at radius 1 is 1.48 bits per heavy atom. The molecule has 0 saturated carbocycles. The highest BCUT2D eigenvalue weighted by Crippen LogP contribution is 2.27. The third-order valence-corrected chi connectivity index (χ3v) is 3.95. The molecule has 3 rings (SSSR count). The number of carbonyl (C=O) groups excluding carboxylic acids is 1. The number of halogens is 1. The predicted octanol–water partition coefficient (Wildman–Crippen LogP) is 2.37. The van der Waals surface area contributed by atoms with Crippen LogP contribution in [0.1, 0.15) is 30.0 Å². The second-order valence-corrected chi connectivity index (χ2v) is 5.86. The van der Waals surface area contributed by atoms with Crippen molar-refractivity contribution in [2.75, 3.05) is 6.61 Å². The van der Waals surface area contributed by atoms with Gasteiger partial charge in [-0.3, -0.25) is 9.48 Å². The molecule has 2 atom stereocenters. The molecule has 6 heteroatoms. The molecule has 122 valence electrons. The SMILES string of the molecule is Cc1cnn(CC(=O)N[C@@H](c2ccc(F)cc2)[C@H]2CCCO2)c1. The molecular formula is C17H20FN3O2. The summed E-state index contributed by atoms with van der Waals surface area (Å²) in [6.07, 6.45) is 5.30. The lowest BCUT2D eigenvalue weighted by atomic mass is 9.99. The third kappa shape index (κ3) is 3.96. The number of ether oxygens (including phenoxy) is 1. The highest BCUT2D eigenvalue weighted by atomic mass is 19.1. The zero-order valence-electron chi connectivity index (χ0n) is 13.0. The standard InChI is InChI=1S/C17H20FN3O2/c1-12-9-19-21(10-12)11-16(22)20-17(15-3-2-8-23-15)13-4-6-14(18)7-5-13/h4-7,9-10,15,17H,2-3,8,11H2,1H3,(H,20,22)/t15-,17+/m1/s1. The molecular weight excluding hydrogens is 297 g/mol. The Hall–Kier alpha value is -2.21. The highest BCUT2D eigenvalue weighted by molar-refractivity contribution is 5.76. The molecule has 0 spiro atoms. The van der Waals surface area contributed by atoms with E-state index in [0.717, 1.165) is 24.0 Å². The summed E-state index contributed by atoms with van der Waals surface area (Å²) < 4.78 is 20.5. The number of aromatic nitrogens is 2. The minimum Gasteiger partial charge on any atom is -0.376 e. The molecule has 0 unspecified atom stereocenters. The molecule has 0 bridgehead atoms. The zero-order chi connectivity index (χ0) is 16.2. The Labute approximate surface area is 134 Å². The van der Waals surface area contributed by atoms with E-state index in [1.165, 1.54) is 12.1 Å². The summed E-state index contributed by atoms with van der Waals surface area (Å²) in [5, 5.41) is 7.13. The van der Waals surface area contributed by atoms with E-state index in [9.17, 15) is 9.18 Å². The topological polar surface area (TPSA) is 56.2 Å². The van der Waals surface area contributed by atoms with Crippen LogP contribution in [0.4, 0.5) is 4.39 Å². The smallest absolute Gasteiger partial charge is 0.242 e. The Morgan fingerprint density at radius 3 is 2.87 bits per heavy atom. The molecule has 1 aromatic heterocycles. The predicted molar refractivity (Wildman–Crippen MR) is 83.2 cm³/mol. The summed E-state index contributed by atoms with van der Waals surface area (Å²) >= 11 is 0. The van der Waals surface area contributed by atoms with Crippen molar-refractivity contribution < 1.29 is 13.9 Å². The van der Waals surface area contributed by atoms with Crippen LogP contribution < -0.4 is 5.32 Å². The molecule has 1 aromatic carbocycles. The fourth-order valence-electron chi connectivity index (χ4n) is 2.85. The third-order valence-electron chi connectivity index (χ3n) is 3.95. The van der Waals surface area contributed by atoms with Crippen LogP contribution >= 0.6 is 0 Å². The summed E-state index contributed by atoms with van der Waals surface area (Å²) in [5.41, 5.74) is 1.86. The van der Waals surface area contributed by atoms with E-state index in [2.05, 4.69) is 10.4 Å². The number of carbonyl (C=O) groups is 1. The van der Waals surface area contributed by atoms with Crippen LogP contribution in [0.2, 0.25) is 0 Å². The van der Waals surface area contributed by atoms with Crippen LogP contribution in [0.5, 0.6) is 0 Å². The van der Waals surface area contributed by atoms with Crippen LogP contribution in [0.25, 0.3) is 0 Å². The van der Waals surface area contributed by atoms with Gasteiger partial charge in [-0.2, -0.15) is 5.10 Å². The first-order valence-electron chi connectivity index (χ1n) is 7.77. The van der Waals surface area contributed by atoms with Crippen LogP contribution in [0.3, 0.4) is 0 Å². The lowest BCUT2D eigenvalue weighted by Gasteiger charge is -2.24. The van der Waals surface area contributed by atoms with E-state index in [4.69, 9.17) is 4.74 Å². The average molecular weight is 317 g/mol. The average Bonchev–Trinajstić information content (AvgIpc) is 3.18. The van der Waals surface area contributed by atoms with Crippen LogP contribution in [-0.4, -0.2) is 28.4 Å². The Morgan fingerprint density at radius 2 is 2.26 bits per heavy atom. The maximum Gasteiger partial charge on any atom is 0.242 e. The van der Waals surface area contributed by atoms with E-state index in [1.54, 1.807) is 23.0 Å². The van der Waals surface area contributed by atoms with Gasteiger partial charge in [-0.15, -0.1) is 0 Å². The van der Waals surface area contributed by atoms with Crippen molar-refractivity contribution in [2.45, 2.75) is 38.5 Å². The minimum absolute atomic E-state index is 0.0798. The van der Waals surface area contributed by atoms with Crippen LogP contribution in [-0.2, 0) is 16.1 Å². The summed E-state index contributed by atoms with van der Waals surface area (Å²) in [6.45, 7) is 2.77. The monoisotopic (exact) mass is 317 g/mol. The second kappa shape index (κ2) is 6.91. The van der Waals surface area contributed by atoms with Crippen LogP contribution in [0.15, 0.2) is 36.7 Å². The summed E-state index contributed by atoms with van der Waals surface area (Å²) in [5.74, 6) is -0.434. The molecule has 0 aliphatic carbocycles. The maximum absolute atomic E-state index is 13.1. The van der Waals surface area contributed by atoms with Crippen molar-refractivity contribution in [2.24, 2.45) is 0 Å². The quantitative estimate of drug-likeness (QED) is 0.921. The van der Waals surface area contributed by atoms with Gasteiger partial charge >= 0.3 is 0 Å². The summed E-state index contributed by atoms with van der Waals surface area (Å²) in [7, 11) is 0. The van der Waals surface area contributed by atoms with Gasteiger partial charge < -0.3 is 10.1 Å². The number of hydrogen-bond donors (Lipinski definition) is 1. The normalized spacial score (nSPS) is 18.8. The zero-order valence-corrected chi connectivity index (χ0v) is 13.0. The van der Waals surface area contributed by atoms with Gasteiger partial charge in [0.05, 0.1) is 18.3 Å². The largest absolute Gasteiger partial charge is 0.376 e. The van der Waals surface area contributed by atoms with Crippen molar-refractivity contribution in [3.05, 3.63) is 53.6 Å². The molecule has 0 radical (unpaired) electrons. The van der Waals surface area contributed by atoms with Crippen molar-refractivity contribution in [3.63, 3.8) is 0 Å². The molecule has 1 N–H and O–H groups in total. The first kappa shape index (κ1) is 15.7. The number of amides is 1. The fourth-order valence-corrected chi connectivity index (χ4v) is 2.85. The lowest BCUT2D eigenvalue weighted by molar-refractivity contribution is -0.123. The Balaban J connectivity index is 1.72. The number of nitrogens with zero attached hydrogens (tertiary/aromatic N) is 2. The maximum atomic E-state index is 13.1. The number of aryl methyl sites for hydroxylation is 1. The summed E-state index contributed by atoms with van der Waals surface area (Å²) in [4.78, 5) is 12.3.